The minimum atomic E-state index is -0.658. The quantitative estimate of drug-likeness (QED) is 0.159. The van der Waals surface area contributed by atoms with E-state index in [4.69, 9.17) is 14.3 Å². The van der Waals surface area contributed by atoms with Crippen molar-refractivity contribution in [3.05, 3.63) is 87.6 Å². The summed E-state index contributed by atoms with van der Waals surface area (Å²) in [6.07, 6.45) is 11.2. The number of nitrogens with zero attached hydrogens (tertiary/aromatic N) is 5. The molecule has 2 N–H and O–H groups in total. The van der Waals surface area contributed by atoms with Gasteiger partial charge in [0.25, 0.3) is 12.0 Å². The molecule has 2 fully saturated rings. The van der Waals surface area contributed by atoms with Crippen molar-refractivity contribution in [3.63, 3.8) is 0 Å². The average molecular weight is 669 g/mol. The first-order valence-electron chi connectivity index (χ1n) is 18.1. The van der Waals surface area contributed by atoms with E-state index < -0.39 is 12.0 Å². The van der Waals surface area contributed by atoms with E-state index in [2.05, 4.69) is 64.7 Å². The van der Waals surface area contributed by atoms with E-state index in [1.807, 2.05) is 27.3 Å². The molecule has 2 aromatic carbocycles. The number of hydroxylamine groups is 1. The second-order valence-electron chi connectivity index (χ2n) is 13.8. The molecule has 0 radical (unpaired) electrons. The van der Waals surface area contributed by atoms with Gasteiger partial charge < -0.3 is 14.6 Å². The molecule has 0 bridgehead atoms. The van der Waals surface area contributed by atoms with Crippen LogP contribution in [0.5, 0.6) is 0 Å². The van der Waals surface area contributed by atoms with Gasteiger partial charge in [0.2, 0.25) is 5.78 Å². The molecule has 1 unspecified atom stereocenters. The molecular weight excluding hydrogens is 620 g/mol. The third-order valence-corrected chi connectivity index (χ3v) is 10.3. The highest BCUT2D eigenvalue weighted by molar-refractivity contribution is 6.04. The largest absolute Gasteiger partial charge is 0.387 e. The van der Waals surface area contributed by atoms with Gasteiger partial charge in [0.1, 0.15) is 6.33 Å². The lowest BCUT2D eigenvalue weighted by Crippen LogP contribution is -2.43. The van der Waals surface area contributed by atoms with Crippen LogP contribution in [0.1, 0.15) is 106 Å². The van der Waals surface area contributed by atoms with Crippen molar-refractivity contribution in [2.75, 3.05) is 13.2 Å². The molecule has 260 valence electrons. The lowest BCUT2D eigenvalue weighted by molar-refractivity contribution is -0.144. The Morgan fingerprint density at radius 3 is 2.49 bits per heavy atom. The fourth-order valence-electron chi connectivity index (χ4n) is 7.29. The number of hydrogen-bond acceptors (Lipinski definition) is 9. The summed E-state index contributed by atoms with van der Waals surface area (Å²) >= 11 is 0. The zero-order chi connectivity index (χ0) is 33.8. The number of unbranched alkanes of at least 4 members (excludes halogenated alkanes) is 1. The highest BCUT2D eigenvalue weighted by Gasteiger charge is 2.36. The number of rotatable bonds is 14. The molecule has 4 aromatic rings. The molecule has 11 nitrogen and oxygen atoms in total. The number of aliphatic imine (C=N–C) groups is 1. The van der Waals surface area contributed by atoms with Gasteiger partial charge in [0, 0.05) is 23.6 Å². The van der Waals surface area contributed by atoms with Crippen LogP contribution < -0.4 is 11.0 Å². The molecule has 0 amide bonds. The number of aromatic nitrogens is 4. The SMILES string of the molecule is CCCCOC1N=C(c2ccccc2-c2ccc(Cc3c(CCC)n4ncnc4n(C4CCC(OCC5(O)CCC5)CC4)c3=O)cc2)NO1. The molecular formula is C38H48N6O5. The number of aryl methyl sites for hydroxylation is 1. The standard InChI is InChI=1S/C38H48N6O5/c1-3-5-22-47-37-41-34(42-49-37)31-11-7-6-10-30(31)27-14-12-26(13-15-27)23-32-33(9-4-2)44-36(39-25-40-44)43(35(32)45)28-16-18-29(19-17-28)48-24-38(46)20-8-21-38/h6-7,10-15,25,28-29,37,46H,3-5,8-9,16-24H2,1-2H3,(H,41,42). The van der Waals surface area contributed by atoms with Crippen molar-refractivity contribution in [2.45, 2.75) is 115 Å². The van der Waals surface area contributed by atoms with Crippen LogP contribution in [0, 0.1) is 0 Å². The van der Waals surface area contributed by atoms with Crippen LogP contribution in [0.3, 0.4) is 0 Å². The van der Waals surface area contributed by atoms with Gasteiger partial charge >= 0.3 is 0 Å². The molecule has 0 spiro atoms. The number of fused-ring (bicyclic) bond motifs is 1. The second-order valence-corrected chi connectivity index (χ2v) is 13.8. The molecule has 2 saturated carbocycles. The summed E-state index contributed by atoms with van der Waals surface area (Å²) in [5.41, 5.74) is 8.08. The summed E-state index contributed by atoms with van der Waals surface area (Å²) in [7, 11) is 0. The van der Waals surface area contributed by atoms with Gasteiger partial charge in [-0.25, -0.2) is 19.8 Å². The molecule has 2 aromatic heterocycles. The van der Waals surface area contributed by atoms with E-state index in [9.17, 15) is 9.90 Å². The average Bonchev–Trinajstić information content (AvgIpc) is 3.80. The van der Waals surface area contributed by atoms with Gasteiger partial charge in [-0.05, 0) is 74.5 Å². The topological polar surface area (TPSA) is 125 Å². The van der Waals surface area contributed by atoms with Gasteiger partial charge in [0.15, 0.2) is 5.84 Å². The Balaban J connectivity index is 1.12. The summed E-state index contributed by atoms with van der Waals surface area (Å²) in [6.45, 7) is 5.25. The number of nitrogens with one attached hydrogen (secondary N) is 1. The fourth-order valence-corrected chi connectivity index (χ4v) is 7.29. The zero-order valence-electron chi connectivity index (χ0n) is 28.6. The third-order valence-electron chi connectivity index (χ3n) is 10.3. The van der Waals surface area contributed by atoms with Crippen LogP contribution in [-0.4, -0.2) is 61.4 Å². The maximum Gasteiger partial charge on any atom is 0.282 e. The smallest absolute Gasteiger partial charge is 0.282 e. The summed E-state index contributed by atoms with van der Waals surface area (Å²) < 4.78 is 15.6. The summed E-state index contributed by atoms with van der Waals surface area (Å²) in [4.78, 5) is 29.2. The molecule has 0 saturated heterocycles. The molecule has 49 heavy (non-hydrogen) atoms. The van der Waals surface area contributed by atoms with Crippen LogP contribution >= 0.6 is 0 Å². The lowest BCUT2D eigenvalue weighted by Gasteiger charge is -2.38. The second kappa shape index (κ2) is 14.9. The maximum absolute atomic E-state index is 14.4. The van der Waals surface area contributed by atoms with Gasteiger partial charge in [-0.15, -0.1) is 0 Å². The number of ether oxygens (including phenoxy) is 2. The first-order chi connectivity index (χ1) is 24.0. The van der Waals surface area contributed by atoms with Gasteiger partial charge in [-0.2, -0.15) is 10.1 Å². The highest BCUT2D eigenvalue weighted by atomic mass is 16.8. The molecule has 1 aliphatic heterocycles. The van der Waals surface area contributed by atoms with E-state index in [1.165, 1.54) is 0 Å². The van der Waals surface area contributed by atoms with Crippen molar-refractivity contribution >= 4 is 11.6 Å². The zero-order valence-corrected chi connectivity index (χ0v) is 28.6. The first-order valence-corrected chi connectivity index (χ1v) is 18.1. The van der Waals surface area contributed by atoms with Crippen molar-refractivity contribution in [1.82, 2.24) is 24.6 Å². The van der Waals surface area contributed by atoms with Gasteiger partial charge in [-0.1, -0.05) is 75.2 Å². The lowest BCUT2D eigenvalue weighted by atomic mass is 9.81. The van der Waals surface area contributed by atoms with Crippen LogP contribution in [0.2, 0.25) is 0 Å². The summed E-state index contributed by atoms with van der Waals surface area (Å²) in [5, 5.41) is 15.1. The molecule has 7 rings (SSSR count). The Labute approximate surface area is 287 Å². The maximum atomic E-state index is 14.4. The van der Waals surface area contributed by atoms with Gasteiger partial charge in [-0.3, -0.25) is 9.36 Å². The number of benzene rings is 2. The third kappa shape index (κ3) is 7.21. The van der Waals surface area contributed by atoms with Gasteiger partial charge in [0.05, 0.1) is 30.6 Å². The Hall–Kier alpha value is -3.90. The minimum Gasteiger partial charge on any atom is -0.387 e. The first kappa shape index (κ1) is 33.6. The fraction of sp³-hybridized carbons (Fsp3) is 0.526. The van der Waals surface area contributed by atoms with E-state index in [0.717, 1.165) is 104 Å². The van der Waals surface area contributed by atoms with Crippen LogP contribution in [0.15, 0.2) is 64.6 Å². The van der Waals surface area contributed by atoms with Crippen molar-refractivity contribution in [3.8, 4) is 11.1 Å². The van der Waals surface area contributed by atoms with Crippen molar-refractivity contribution in [1.29, 1.82) is 0 Å². The van der Waals surface area contributed by atoms with E-state index >= 15 is 0 Å². The molecule has 11 heteroatoms. The van der Waals surface area contributed by atoms with Crippen molar-refractivity contribution in [2.24, 2.45) is 4.99 Å². The van der Waals surface area contributed by atoms with Crippen LogP contribution in [0.4, 0.5) is 0 Å². The summed E-state index contributed by atoms with van der Waals surface area (Å²) in [5.74, 6) is 1.26. The van der Waals surface area contributed by atoms with E-state index in [0.29, 0.717) is 31.2 Å². The predicted octanol–water partition coefficient (Wildman–Crippen LogP) is 5.90. The normalized spacial score (nSPS) is 21.8. The summed E-state index contributed by atoms with van der Waals surface area (Å²) in [6, 6.07) is 16.5. The number of amidine groups is 1. The monoisotopic (exact) mass is 668 g/mol. The van der Waals surface area contributed by atoms with Crippen LogP contribution in [-0.2, 0) is 27.2 Å². The molecule has 1 atom stereocenters. The van der Waals surface area contributed by atoms with E-state index in [1.54, 1.807) is 6.33 Å². The Bertz CT molecular complexity index is 1820. The van der Waals surface area contributed by atoms with E-state index in [-0.39, 0.29) is 17.7 Å². The van der Waals surface area contributed by atoms with Crippen LogP contribution in [0.25, 0.3) is 16.9 Å². The predicted molar refractivity (Wildman–Crippen MR) is 187 cm³/mol. The Morgan fingerprint density at radius 1 is 1.00 bits per heavy atom. The van der Waals surface area contributed by atoms with Crippen molar-refractivity contribution < 1.29 is 19.4 Å². The number of aliphatic hydroxyl groups is 1. The molecule has 3 aliphatic rings. The number of hydrogen-bond donors (Lipinski definition) is 2. The Kier molecular flexibility index (Phi) is 10.2. The minimum absolute atomic E-state index is 0.0203. The Morgan fingerprint density at radius 2 is 1.78 bits per heavy atom. The molecule has 2 aliphatic carbocycles. The molecule has 3 heterocycles. The highest BCUT2D eigenvalue weighted by Crippen LogP contribution is 2.35.